The molecule has 3 aromatic rings. The molecule has 0 unspecified atom stereocenters. The Morgan fingerprint density at radius 1 is 1.32 bits per heavy atom. The summed E-state index contributed by atoms with van der Waals surface area (Å²) in [4.78, 5) is 27.0. The number of nitrogens with zero attached hydrogens (tertiary/aromatic N) is 3. The van der Waals surface area contributed by atoms with Gasteiger partial charge in [-0.3, -0.25) is 14.9 Å². The van der Waals surface area contributed by atoms with Crippen molar-refractivity contribution in [2.75, 3.05) is 24.2 Å². The first-order chi connectivity index (χ1) is 16.2. The zero-order valence-electron chi connectivity index (χ0n) is 18.3. The summed E-state index contributed by atoms with van der Waals surface area (Å²) in [6.45, 7) is 2.38. The molecular formula is C22H24ClFN6O4. The quantitative estimate of drug-likeness (QED) is 0.193. The number of carbonyl (C=O) groups is 1. The minimum Gasteiger partial charge on any atom is -0.394 e. The average Bonchev–Trinajstić information content (AvgIpc) is 3.20. The van der Waals surface area contributed by atoms with E-state index in [-0.39, 0.29) is 34.3 Å². The number of aryl methyl sites for hydroxylation is 1. The first kappa shape index (κ1) is 24.9. The number of pyridine rings is 1. The van der Waals surface area contributed by atoms with Crippen molar-refractivity contribution in [3.8, 4) is 11.1 Å². The summed E-state index contributed by atoms with van der Waals surface area (Å²) in [5.41, 5.74) is 6.23. The molecule has 0 fully saturated rings. The van der Waals surface area contributed by atoms with Gasteiger partial charge >= 0.3 is 5.69 Å². The van der Waals surface area contributed by atoms with Crippen molar-refractivity contribution >= 4 is 34.8 Å². The SMILES string of the molecule is C[C@H](CO)NC(=O)c1cn(CCCNc2ccc([N+](=O)[O-])c(N)n2)cc1-c1ccc(Cl)cc1F. The molecule has 0 saturated carbocycles. The topological polar surface area (TPSA) is 148 Å². The van der Waals surface area contributed by atoms with Crippen LogP contribution in [0.4, 0.5) is 21.7 Å². The number of anilines is 2. The first-order valence-corrected chi connectivity index (χ1v) is 10.8. The van der Waals surface area contributed by atoms with Crippen LogP contribution in [0, 0.1) is 15.9 Å². The van der Waals surface area contributed by atoms with Gasteiger partial charge in [-0.1, -0.05) is 11.6 Å². The molecule has 5 N–H and O–H groups in total. The van der Waals surface area contributed by atoms with Crippen molar-refractivity contribution in [2.24, 2.45) is 0 Å². The molecule has 12 heteroatoms. The molecule has 2 heterocycles. The summed E-state index contributed by atoms with van der Waals surface area (Å²) in [6, 6.07) is 6.51. The molecule has 0 radical (unpaired) electrons. The number of carbonyl (C=O) groups excluding carboxylic acids is 1. The van der Waals surface area contributed by atoms with Crippen LogP contribution in [0.15, 0.2) is 42.7 Å². The van der Waals surface area contributed by atoms with Gasteiger partial charge in [0.2, 0.25) is 5.82 Å². The van der Waals surface area contributed by atoms with Gasteiger partial charge < -0.3 is 26.0 Å². The fourth-order valence-electron chi connectivity index (χ4n) is 3.29. The largest absolute Gasteiger partial charge is 0.394 e. The highest BCUT2D eigenvalue weighted by Crippen LogP contribution is 2.29. The number of nitrogens with one attached hydrogen (secondary N) is 2. The zero-order valence-corrected chi connectivity index (χ0v) is 19.1. The van der Waals surface area contributed by atoms with Gasteiger partial charge in [0.05, 0.1) is 17.1 Å². The summed E-state index contributed by atoms with van der Waals surface area (Å²) in [6.07, 6.45) is 3.89. The predicted molar refractivity (Wildman–Crippen MR) is 127 cm³/mol. The Balaban J connectivity index is 1.73. The van der Waals surface area contributed by atoms with Crippen LogP contribution < -0.4 is 16.4 Å². The molecule has 0 saturated heterocycles. The fourth-order valence-corrected chi connectivity index (χ4v) is 3.45. The third kappa shape index (κ3) is 6.00. The molecule has 34 heavy (non-hydrogen) atoms. The van der Waals surface area contributed by atoms with E-state index in [1.54, 1.807) is 30.0 Å². The van der Waals surface area contributed by atoms with Crippen molar-refractivity contribution in [2.45, 2.75) is 25.9 Å². The minimum absolute atomic E-state index is 0.178. The molecule has 3 rings (SSSR count). The van der Waals surface area contributed by atoms with Gasteiger partial charge in [-0.25, -0.2) is 9.37 Å². The molecule has 0 bridgehead atoms. The van der Waals surface area contributed by atoms with Gasteiger partial charge in [0.1, 0.15) is 11.6 Å². The number of amides is 1. The van der Waals surface area contributed by atoms with Crippen molar-refractivity contribution < 1.29 is 19.2 Å². The summed E-state index contributed by atoms with van der Waals surface area (Å²) in [5.74, 6) is -0.772. The summed E-state index contributed by atoms with van der Waals surface area (Å²) >= 11 is 5.86. The molecule has 1 atom stereocenters. The lowest BCUT2D eigenvalue weighted by Gasteiger charge is -2.11. The number of nitrogen functional groups attached to an aromatic ring is 1. The van der Waals surface area contributed by atoms with Gasteiger partial charge in [0.15, 0.2) is 0 Å². The molecule has 0 aliphatic carbocycles. The average molecular weight is 491 g/mol. The van der Waals surface area contributed by atoms with Crippen molar-refractivity contribution in [1.82, 2.24) is 14.9 Å². The van der Waals surface area contributed by atoms with Gasteiger partial charge in [-0.15, -0.1) is 0 Å². The second-order valence-electron chi connectivity index (χ2n) is 7.64. The van der Waals surface area contributed by atoms with E-state index in [0.29, 0.717) is 30.9 Å². The van der Waals surface area contributed by atoms with E-state index in [1.165, 1.54) is 24.3 Å². The minimum atomic E-state index is -0.603. The van der Waals surface area contributed by atoms with Crippen LogP contribution in [0.5, 0.6) is 0 Å². The van der Waals surface area contributed by atoms with Crippen molar-refractivity contribution in [1.29, 1.82) is 0 Å². The molecule has 0 aliphatic rings. The Hall–Kier alpha value is -3.70. The Morgan fingerprint density at radius 2 is 2.09 bits per heavy atom. The second kappa shape index (κ2) is 10.9. The predicted octanol–water partition coefficient (Wildman–Crippen LogP) is 3.45. The van der Waals surface area contributed by atoms with E-state index < -0.39 is 22.7 Å². The Kier molecular flexibility index (Phi) is 8.03. The van der Waals surface area contributed by atoms with Gasteiger partial charge in [-0.05, 0) is 37.6 Å². The highest BCUT2D eigenvalue weighted by Gasteiger charge is 2.20. The number of hydrogen-bond acceptors (Lipinski definition) is 7. The van der Waals surface area contributed by atoms with Crippen LogP contribution in [-0.4, -0.2) is 44.7 Å². The number of aliphatic hydroxyl groups is 1. The van der Waals surface area contributed by atoms with Crippen LogP contribution in [0.1, 0.15) is 23.7 Å². The Morgan fingerprint density at radius 3 is 2.74 bits per heavy atom. The number of benzene rings is 1. The van der Waals surface area contributed by atoms with Crippen molar-refractivity contribution in [3.63, 3.8) is 0 Å². The third-order valence-electron chi connectivity index (χ3n) is 5.00. The van der Waals surface area contributed by atoms with Gasteiger partial charge in [-0.2, -0.15) is 0 Å². The maximum Gasteiger partial charge on any atom is 0.311 e. The smallest absolute Gasteiger partial charge is 0.311 e. The molecule has 2 aromatic heterocycles. The van der Waals surface area contributed by atoms with E-state index in [2.05, 4.69) is 15.6 Å². The number of nitro groups is 1. The van der Waals surface area contributed by atoms with E-state index >= 15 is 0 Å². The highest BCUT2D eigenvalue weighted by atomic mass is 35.5. The number of halogens is 2. The van der Waals surface area contributed by atoms with E-state index in [9.17, 15) is 24.4 Å². The fraction of sp³-hybridized carbons (Fsp3) is 0.273. The monoisotopic (exact) mass is 490 g/mol. The van der Waals surface area contributed by atoms with Gasteiger partial charge in [0.25, 0.3) is 5.91 Å². The summed E-state index contributed by atoms with van der Waals surface area (Å²) in [5, 5.41) is 26.0. The standard InChI is InChI=1S/C22H24ClFN6O4/c1-13(12-31)27-22(32)17-11-29(10-16(17)15-4-3-14(23)9-18(15)24)8-2-7-26-20-6-5-19(30(33)34)21(25)28-20/h3-6,9-11,13,31H,2,7-8,12H2,1H3,(H,27,32)(H3,25,26,28)/t13-/m1/s1. The lowest BCUT2D eigenvalue weighted by Crippen LogP contribution is -2.35. The van der Waals surface area contributed by atoms with E-state index in [0.717, 1.165) is 0 Å². The number of rotatable bonds is 10. The molecule has 1 aromatic carbocycles. The summed E-state index contributed by atoms with van der Waals surface area (Å²) < 4.78 is 16.4. The Labute approximate surface area is 199 Å². The molecule has 0 spiro atoms. The number of aliphatic hydroxyl groups excluding tert-OH is 1. The van der Waals surface area contributed by atoms with Crippen LogP contribution in [-0.2, 0) is 6.54 Å². The zero-order chi connectivity index (χ0) is 24.8. The number of hydrogen-bond donors (Lipinski definition) is 4. The molecular weight excluding hydrogens is 467 g/mol. The van der Waals surface area contributed by atoms with Crippen LogP contribution >= 0.6 is 11.6 Å². The normalized spacial score (nSPS) is 11.8. The lowest BCUT2D eigenvalue weighted by molar-refractivity contribution is -0.384. The lowest BCUT2D eigenvalue weighted by atomic mass is 10.0. The third-order valence-corrected chi connectivity index (χ3v) is 5.23. The number of aromatic nitrogens is 2. The maximum absolute atomic E-state index is 14.6. The number of nitrogens with two attached hydrogens (primary N) is 1. The van der Waals surface area contributed by atoms with E-state index in [1.807, 2.05) is 0 Å². The summed E-state index contributed by atoms with van der Waals surface area (Å²) in [7, 11) is 0. The van der Waals surface area contributed by atoms with Crippen LogP contribution in [0.25, 0.3) is 11.1 Å². The molecule has 0 aliphatic heterocycles. The highest BCUT2D eigenvalue weighted by molar-refractivity contribution is 6.30. The Bertz CT molecular complexity index is 1200. The second-order valence-corrected chi connectivity index (χ2v) is 8.08. The van der Waals surface area contributed by atoms with Crippen LogP contribution in [0.2, 0.25) is 5.02 Å². The van der Waals surface area contributed by atoms with Crippen LogP contribution in [0.3, 0.4) is 0 Å². The van der Waals surface area contributed by atoms with E-state index in [4.69, 9.17) is 17.3 Å². The molecule has 10 nitrogen and oxygen atoms in total. The first-order valence-electron chi connectivity index (χ1n) is 10.4. The molecule has 180 valence electrons. The molecule has 1 amide bonds. The maximum atomic E-state index is 14.6. The van der Waals surface area contributed by atoms with Crippen molar-refractivity contribution in [3.05, 3.63) is 69.2 Å². The van der Waals surface area contributed by atoms with Gasteiger partial charge in [0, 0.05) is 53.7 Å².